The quantitative estimate of drug-likeness (QED) is 0.895. The molecule has 100 valence electrons. The number of carbonyl (C=O) groups excluding carboxylic acids is 1. The lowest BCUT2D eigenvalue weighted by Crippen LogP contribution is -2.22. The summed E-state index contributed by atoms with van der Waals surface area (Å²) in [6.07, 6.45) is 2.70. The topological polar surface area (TPSA) is 54.4 Å². The Morgan fingerprint density at radius 3 is 2.58 bits per heavy atom. The maximum atomic E-state index is 11.8. The fourth-order valence-electron chi connectivity index (χ4n) is 2.49. The van der Waals surface area contributed by atoms with Crippen LogP contribution in [0.15, 0.2) is 24.3 Å². The van der Waals surface area contributed by atoms with Crippen molar-refractivity contribution in [3.8, 4) is 0 Å². The number of ketones is 1. The number of aromatic carboxylic acids is 1. The Balaban J connectivity index is 2.55. The van der Waals surface area contributed by atoms with Gasteiger partial charge in [-0.25, -0.2) is 4.79 Å². The zero-order valence-electron chi connectivity index (χ0n) is 10.9. The van der Waals surface area contributed by atoms with Gasteiger partial charge in [0, 0.05) is 11.4 Å². The average molecular weight is 279 g/mol. The molecule has 4 heteroatoms. The molecule has 0 atom stereocenters. The van der Waals surface area contributed by atoms with Gasteiger partial charge in [-0.1, -0.05) is 25.4 Å². The lowest BCUT2D eigenvalue weighted by molar-refractivity contribution is -0.116. The Morgan fingerprint density at radius 2 is 2.00 bits per heavy atom. The molecule has 0 radical (unpaired) electrons. The Bertz CT molecular complexity index is 585. The molecule has 0 saturated carbocycles. The molecule has 0 unspecified atom stereocenters. The van der Waals surface area contributed by atoms with Gasteiger partial charge in [-0.15, -0.1) is 0 Å². The van der Waals surface area contributed by atoms with Crippen LogP contribution < -0.4 is 0 Å². The molecule has 1 aromatic carbocycles. The molecule has 19 heavy (non-hydrogen) atoms. The highest BCUT2D eigenvalue weighted by Gasteiger charge is 2.29. The van der Waals surface area contributed by atoms with Crippen molar-refractivity contribution in [2.75, 3.05) is 0 Å². The summed E-state index contributed by atoms with van der Waals surface area (Å²) in [6.45, 7) is 4.01. The molecule has 2 rings (SSSR count). The van der Waals surface area contributed by atoms with Crippen LogP contribution in [0.5, 0.6) is 0 Å². The number of allylic oxidation sites excluding steroid dienone is 2. The molecule has 0 fully saturated rings. The largest absolute Gasteiger partial charge is 0.478 e. The van der Waals surface area contributed by atoms with Crippen molar-refractivity contribution < 1.29 is 14.7 Å². The van der Waals surface area contributed by atoms with Gasteiger partial charge in [0.25, 0.3) is 0 Å². The second-order valence-electron chi connectivity index (χ2n) is 5.65. The third kappa shape index (κ3) is 3.04. The second kappa shape index (κ2) is 4.82. The van der Waals surface area contributed by atoms with E-state index in [1.54, 1.807) is 18.2 Å². The maximum absolute atomic E-state index is 11.8. The van der Waals surface area contributed by atoms with E-state index in [1.807, 2.05) is 13.8 Å². The smallest absolute Gasteiger partial charge is 0.336 e. The van der Waals surface area contributed by atoms with Crippen molar-refractivity contribution in [2.24, 2.45) is 5.41 Å². The zero-order valence-corrected chi connectivity index (χ0v) is 11.6. The van der Waals surface area contributed by atoms with Gasteiger partial charge in [0.1, 0.15) is 0 Å². The molecule has 0 bridgehead atoms. The summed E-state index contributed by atoms with van der Waals surface area (Å²) in [5.41, 5.74) is 1.32. The van der Waals surface area contributed by atoms with E-state index in [0.717, 1.165) is 5.57 Å². The third-order valence-corrected chi connectivity index (χ3v) is 3.45. The van der Waals surface area contributed by atoms with Crippen molar-refractivity contribution in [3.05, 3.63) is 40.4 Å². The van der Waals surface area contributed by atoms with Crippen LogP contribution in [-0.4, -0.2) is 16.9 Å². The number of carboxylic acid groups (broad SMARTS) is 1. The molecule has 0 amide bonds. The fraction of sp³-hybridized carbons (Fsp3) is 0.333. The van der Waals surface area contributed by atoms with Crippen LogP contribution in [0.3, 0.4) is 0 Å². The molecule has 0 spiro atoms. The van der Waals surface area contributed by atoms with Crippen LogP contribution in [0.25, 0.3) is 5.57 Å². The molecular formula is C15H15ClO3. The normalized spacial score (nSPS) is 18.1. The number of hydrogen-bond donors (Lipinski definition) is 1. The van der Waals surface area contributed by atoms with E-state index in [-0.39, 0.29) is 16.8 Å². The summed E-state index contributed by atoms with van der Waals surface area (Å²) >= 11 is 5.94. The summed E-state index contributed by atoms with van der Waals surface area (Å²) in [7, 11) is 0. The molecular weight excluding hydrogens is 264 g/mol. The molecule has 1 aliphatic rings. The Kier molecular flexibility index (Phi) is 3.50. The monoisotopic (exact) mass is 278 g/mol. The average Bonchev–Trinajstić information content (AvgIpc) is 2.25. The summed E-state index contributed by atoms with van der Waals surface area (Å²) in [6, 6.07) is 4.64. The highest BCUT2D eigenvalue weighted by atomic mass is 35.5. The van der Waals surface area contributed by atoms with Gasteiger partial charge in [-0.05, 0) is 47.2 Å². The van der Waals surface area contributed by atoms with Gasteiger partial charge in [0.05, 0.1) is 5.56 Å². The summed E-state index contributed by atoms with van der Waals surface area (Å²) < 4.78 is 0. The van der Waals surface area contributed by atoms with Gasteiger partial charge < -0.3 is 5.11 Å². The van der Waals surface area contributed by atoms with Crippen LogP contribution in [0, 0.1) is 5.41 Å². The first kappa shape index (κ1) is 13.8. The van der Waals surface area contributed by atoms with Crippen molar-refractivity contribution in [1.82, 2.24) is 0 Å². The van der Waals surface area contributed by atoms with Crippen molar-refractivity contribution in [2.45, 2.75) is 26.7 Å². The number of rotatable bonds is 2. The van der Waals surface area contributed by atoms with Crippen molar-refractivity contribution in [3.63, 3.8) is 0 Å². The minimum atomic E-state index is -1.01. The van der Waals surface area contributed by atoms with E-state index in [4.69, 9.17) is 11.6 Å². The highest BCUT2D eigenvalue weighted by molar-refractivity contribution is 6.31. The molecule has 3 nitrogen and oxygen atoms in total. The Morgan fingerprint density at radius 1 is 1.32 bits per heavy atom. The van der Waals surface area contributed by atoms with E-state index in [0.29, 0.717) is 23.4 Å². The zero-order chi connectivity index (χ0) is 14.2. The SMILES string of the molecule is CC1(C)CC(=O)C=C(c2cc(Cl)ccc2C(=O)O)C1. The lowest BCUT2D eigenvalue weighted by Gasteiger charge is -2.29. The van der Waals surface area contributed by atoms with Gasteiger partial charge in [-0.3, -0.25) is 4.79 Å². The van der Waals surface area contributed by atoms with Crippen LogP contribution in [0.1, 0.15) is 42.6 Å². The second-order valence-corrected chi connectivity index (χ2v) is 6.09. The Hall–Kier alpha value is -1.61. The van der Waals surface area contributed by atoms with Gasteiger partial charge >= 0.3 is 5.97 Å². The number of carbonyl (C=O) groups is 2. The maximum Gasteiger partial charge on any atom is 0.336 e. The van der Waals surface area contributed by atoms with E-state index < -0.39 is 5.97 Å². The molecule has 0 saturated heterocycles. The first-order chi connectivity index (χ1) is 8.78. The van der Waals surface area contributed by atoms with E-state index in [2.05, 4.69) is 0 Å². The predicted molar refractivity (Wildman–Crippen MR) is 74.4 cm³/mol. The first-order valence-electron chi connectivity index (χ1n) is 6.05. The van der Waals surface area contributed by atoms with Crippen molar-refractivity contribution in [1.29, 1.82) is 0 Å². The van der Waals surface area contributed by atoms with Gasteiger partial charge in [0.15, 0.2) is 5.78 Å². The molecule has 0 aliphatic heterocycles. The number of benzene rings is 1. The summed E-state index contributed by atoms with van der Waals surface area (Å²) in [4.78, 5) is 23.0. The molecule has 1 aromatic rings. The molecule has 0 aromatic heterocycles. The lowest BCUT2D eigenvalue weighted by atomic mass is 9.74. The van der Waals surface area contributed by atoms with E-state index in [1.165, 1.54) is 6.07 Å². The summed E-state index contributed by atoms with van der Waals surface area (Å²) in [5, 5.41) is 9.70. The third-order valence-electron chi connectivity index (χ3n) is 3.21. The highest BCUT2D eigenvalue weighted by Crippen LogP contribution is 2.39. The van der Waals surface area contributed by atoms with Crippen molar-refractivity contribution >= 4 is 28.9 Å². The van der Waals surface area contributed by atoms with Gasteiger partial charge in [-0.2, -0.15) is 0 Å². The number of hydrogen-bond acceptors (Lipinski definition) is 2. The summed E-state index contributed by atoms with van der Waals surface area (Å²) in [5.74, 6) is -0.981. The Labute approximate surface area is 116 Å². The molecule has 1 N–H and O–H groups in total. The number of carboxylic acids is 1. The minimum Gasteiger partial charge on any atom is -0.478 e. The fourth-order valence-corrected chi connectivity index (χ4v) is 2.66. The van der Waals surface area contributed by atoms with Crippen LogP contribution in [-0.2, 0) is 4.79 Å². The molecule has 1 aliphatic carbocycles. The van der Waals surface area contributed by atoms with Gasteiger partial charge in [0.2, 0.25) is 0 Å². The van der Waals surface area contributed by atoms with Crippen LogP contribution >= 0.6 is 11.6 Å². The van der Waals surface area contributed by atoms with E-state index >= 15 is 0 Å². The predicted octanol–water partition coefficient (Wildman–Crippen LogP) is 3.81. The van der Waals surface area contributed by atoms with Crippen LogP contribution in [0.2, 0.25) is 5.02 Å². The minimum absolute atomic E-state index is 0.0302. The first-order valence-corrected chi connectivity index (χ1v) is 6.43. The standard InChI is InChI=1S/C15H15ClO3/c1-15(2)7-9(5-11(17)8-15)13-6-10(16)3-4-12(13)14(18)19/h3-6H,7-8H2,1-2H3,(H,18,19). The number of halogens is 1. The van der Waals surface area contributed by atoms with Crippen LogP contribution in [0.4, 0.5) is 0 Å². The molecule has 0 heterocycles. The van der Waals surface area contributed by atoms with E-state index in [9.17, 15) is 14.7 Å².